The van der Waals surface area contributed by atoms with Gasteiger partial charge < -0.3 is 9.47 Å². The van der Waals surface area contributed by atoms with E-state index in [0.29, 0.717) is 5.82 Å². The number of fused-ring (bicyclic) bond motifs is 1. The molecule has 1 aliphatic rings. The third-order valence-electron chi connectivity index (χ3n) is 4.84. The number of halogens is 5. The number of amides is 1. The van der Waals surface area contributed by atoms with Crippen molar-refractivity contribution in [2.24, 2.45) is 0 Å². The Labute approximate surface area is 173 Å². The molecule has 0 spiro atoms. The van der Waals surface area contributed by atoms with Gasteiger partial charge in [-0.05, 0) is 31.2 Å². The fourth-order valence-electron chi connectivity index (χ4n) is 3.31. The van der Waals surface area contributed by atoms with E-state index in [1.165, 1.54) is 23.1 Å². The number of aromatic nitrogens is 3. The zero-order valence-electron chi connectivity index (χ0n) is 15.0. The van der Waals surface area contributed by atoms with Crippen LogP contribution in [0.4, 0.5) is 13.2 Å². The van der Waals surface area contributed by atoms with Crippen molar-refractivity contribution in [3.05, 3.63) is 69.2 Å². The van der Waals surface area contributed by atoms with Crippen LogP contribution in [0.1, 0.15) is 23.1 Å². The van der Waals surface area contributed by atoms with Crippen LogP contribution in [-0.4, -0.2) is 31.6 Å². The second-order valence-electron chi connectivity index (χ2n) is 6.66. The first-order valence-electron chi connectivity index (χ1n) is 8.60. The van der Waals surface area contributed by atoms with E-state index in [9.17, 15) is 18.0 Å². The second-order valence-corrected chi connectivity index (χ2v) is 7.41. The largest absolute Gasteiger partial charge is 0.327 e. The molecule has 0 saturated carbocycles. The minimum absolute atomic E-state index is 0.0101. The van der Waals surface area contributed by atoms with E-state index < -0.39 is 23.4 Å². The van der Waals surface area contributed by atoms with Crippen LogP contribution in [0, 0.1) is 17.5 Å². The summed E-state index contributed by atoms with van der Waals surface area (Å²) in [5.41, 5.74) is 0.0540. The molecule has 10 heteroatoms. The van der Waals surface area contributed by atoms with Crippen molar-refractivity contribution in [1.29, 1.82) is 0 Å². The molecular formula is C19H13Cl2F3N4O. The van der Waals surface area contributed by atoms with Crippen LogP contribution < -0.4 is 0 Å². The number of nitrogens with zero attached hydrogens (tertiary/aromatic N) is 4. The minimum Gasteiger partial charge on any atom is -0.327 e. The highest BCUT2D eigenvalue weighted by Gasteiger charge is 2.32. The van der Waals surface area contributed by atoms with Crippen molar-refractivity contribution in [2.75, 3.05) is 0 Å². The summed E-state index contributed by atoms with van der Waals surface area (Å²) in [7, 11) is 0. The van der Waals surface area contributed by atoms with Crippen LogP contribution in [0.2, 0.25) is 10.0 Å². The highest BCUT2D eigenvalue weighted by Crippen LogP contribution is 2.32. The van der Waals surface area contributed by atoms with E-state index in [4.69, 9.17) is 23.2 Å². The SMILES string of the molecule is C[C@H]1Cn2c(nnc2-c2cccc(F)c2F)CN1C(=O)c1ccc(F)c(Cl)c1Cl. The van der Waals surface area contributed by atoms with Gasteiger partial charge in [0.2, 0.25) is 0 Å². The lowest BCUT2D eigenvalue weighted by atomic mass is 10.1. The van der Waals surface area contributed by atoms with Gasteiger partial charge in [0.1, 0.15) is 5.82 Å². The van der Waals surface area contributed by atoms with Crippen LogP contribution in [0.3, 0.4) is 0 Å². The van der Waals surface area contributed by atoms with Gasteiger partial charge in [-0.15, -0.1) is 10.2 Å². The molecule has 4 rings (SSSR count). The summed E-state index contributed by atoms with van der Waals surface area (Å²) < 4.78 is 43.0. The Morgan fingerprint density at radius 1 is 1.07 bits per heavy atom. The highest BCUT2D eigenvalue weighted by molar-refractivity contribution is 6.43. The van der Waals surface area contributed by atoms with Gasteiger partial charge in [-0.2, -0.15) is 0 Å². The predicted octanol–water partition coefficient (Wildman–Crippen LogP) is 4.71. The predicted molar refractivity (Wildman–Crippen MR) is 101 cm³/mol. The van der Waals surface area contributed by atoms with Gasteiger partial charge >= 0.3 is 0 Å². The van der Waals surface area contributed by atoms with Crippen molar-refractivity contribution in [1.82, 2.24) is 19.7 Å². The smallest absolute Gasteiger partial charge is 0.256 e. The van der Waals surface area contributed by atoms with E-state index in [1.807, 2.05) is 0 Å². The molecule has 0 saturated heterocycles. The lowest BCUT2D eigenvalue weighted by Crippen LogP contribution is -2.45. The molecule has 1 amide bonds. The van der Waals surface area contributed by atoms with Gasteiger partial charge in [-0.3, -0.25) is 4.79 Å². The van der Waals surface area contributed by atoms with Gasteiger partial charge in [0, 0.05) is 12.6 Å². The van der Waals surface area contributed by atoms with Gasteiger partial charge in [0.15, 0.2) is 23.3 Å². The number of carbonyl (C=O) groups excluding carboxylic acids is 1. The van der Waals surface area contributed by atoms with Gasteiger partial charge in [-0.25, -0.2) is 13.2 Å². The summed E-state index contributed by atoms with van der Waals surface area (Å²) >= 11 is 11.9. The third-order valence-corrected chi connectivity index (χ3v) is 5.70. The van der Waals surface area contributed by atoms with Crippen molar-refractivity contribution in [3.8, 4) is 11.4 Å². The standard InChI is InChI=1S/C19H13Cl2F3N4O/c1-9-7-28-14(25-26-18(28)11-3-2-4-13(23)17(11)24)8-27(9)19(29)10-5-6-12(22)16(21)15(10)20/h2-6,9H,7-8H2,1H3/t9-/m0/s1. The maximum Gasteiger partial charge on any atom is 0.256 e. The normalized spacial score (nSPS) is 16.1. The Hall–Kier alpha value is -2.58. The maximum absolute atomic E-state index is 14.2. The highest BCUT2D eigenvalue weighted by atomic mass is 35.5. The first-order chi connectivity index (χ1) is 13.8. The molecule has 2 heterocycles. The lowest BCUT2D eigenvalue weighted by Gasteiger charge is -2.34. The third kappa shape index (κ3) is 3.26. The summed E-state index contributed by atoms with van der Waals surface area (Å²) in [6.45, 7) is 2.10. The molecular weight excluding hydrogens is 428 g/mol. The molecule has 0 N–H and O–H groups in total. The molecule has 1 atom stereocenters. The van der Waals surface area contributed by atoms with Crippen molar-refractivity contribution >= 4 is 29.1 Å². The fraction of sp³-hybridized carbons (Fsp3) is 0.211. The Kier molecular flexibility index (Phi) is 5.00. The zero-order valence-corrected chi connectivity index (χ0v) is 16.5. The summed E-state index contributed by atoms with van der Waals surface area (Å²) in [4.78, 5) is 14.5. The number of benzene rings is 2. The first-order valence-corrected chi connectivity index (χ1v) is 9.36. The molecule has 150 valence electrons. The van der Waals surface area contributed by atoms with Crippen LogP contribution >= 0.6 is 23.2 Å². The maximum atomic E-state index is 14.2. The lowest BCUT2D eigenvalue weighted by molar-refractivity contribution is 0.0612. The molecule has 0 unspecified atom stereocenters. The van der Waals surface area contributed by atoms with Crippen molar-refractivity contribution in [2.45, 2.75) is 26.1 Å². The quantitative estimate of drug-likeness (QED) is 0.542. The van der Waals surface area contributed by atoms with Gasteiger partial charge in [-0.1, -0.05) is 29.3 Å². The molecule has 3 aromatic rings. The molecule has 5 nitrogen and oxygen atoms in total. The summed E-state index contributed by atoms with van der Waals surface area (Å²) in [6.07, 6.45) is 0. The topological polar surface area (TPSA) is 51.0 Å². The monoisotopic (exact) mass is 440 g/mol. The second kappa shape index (κ2) is 7.35. The summed E-state index contributed by atoms with van der Waals surface area (Å²) in [6, 6.07) is 5.82. The Morgan fingerprint density at radius 2 is 1.83 bits per heavy atom. The summed E-state index contributed by atoms with van der Waals surface area (Å²) in [5, 5.41) is 7.52. The molecule has 2 aromatic carbocycles. The Balaban J connectivity index is 1.69. The van der Waals surface area contributed by atoms with Crippen molar-refractivity contribution < 1.29 is 18.0 Å². The van der Waals surface area contributed by atoms with E-state index in [-0.39, 0.29) is 46.1 Å². The van der Waals surface area contributed by atoms with E-state index in [1.54, 1.807) is 11.5 Å². The van der Waals surface area contributed by atoms with Crippen LogP contribution in [0.5, 0.6) is 0 Å². The number of hydrogen-bond donors (Lipinski definition) is 0. The summed E-state index contributed by atoms with van der Waals surface area (Å²) in [5.74, 6) is -2.58. The van der Waals surface area contributed by atoms with Gasteiger partial charge in [0.05, 0.1) is 27.7 Å². The molecule has 0 bridgehead atoms. The van der Waals surface area contributed by atoms with Crippen molar-refractivity contribution in [3.63, 3.8) is 0 Å². The van der Waals surface area contributed by atoms with E-state index in [2.05, 4.69) is 10.2 Å². The van der Waals surface area contributed by atoms with Crippen LogP contribution in [0.25, 0.3) is 11.4 Å². The van der Waals surface area contributed by atoms with Crippen LogP contribution in [-0.2, 0) is 13.1 Å². The van der Waals surface area contributed by atoms with E-state index in [0.717, 1.165) is 12.1 Å². The average molecular weight is 441 g/mol. The number of rotatable bonds is 2. The molecule has 0 radical (unpaired) electrons. The molecule has 0 fully saturated rings. The molecule has 0 aliphatic carbocycles. The minimum atomic E-state index is -1.01. The zero-order chi connectivity index (χ0) is 20.9. The molecule has 29 heavy (non-hydrogen) atoms. The number of carbonyl (C=O) groups is 1. The molecule has 1 aliphatic heterocycles. The van der Waals surface area contributed by atoms with Gasteiger partial charge in [0.25, 0.3) is 5.91 Å². The first kappa shape index (κ1) is 19.7. The number of hydrogen-bond acceptors (Lipinski definition) is 3. The molecule has 1 aromatic heterocycles. The van der Waals surface area contributed by atoms with Crippen LogP contribution in [0.15, 0.2) is 30.3 Å². The van der Waals surface area contributed by atoms with E-state index >= 15 is 0 Å². The Bertz CT molecular complexity index is 1130. The average Bonchev–Trinajstić information content (AvgIpc) is 3.10. The Morgan fingerprint density at radius 3 is 2.59 bits per heavy atom. The fourth-order valence-corrected chi connectivity index (χ4v) is 3.71.